The van der Waals surface area contributed by atoms with Crippen molar-refractivity contribution in [3.05, 3.63) is 17.5 Å². The Kier molecular flexibility index (Phi) is 3.14. The molecule has 5 nitrogen and oxygen atoms in total. The summed E-state index contributed by atoms with van der Waals surface area (Å²) in [4.78, 5) is 11.7. The summed E-state index contributed by atoms with van der Waals surface area (Å²) in [7, 11) is 1.80. The lowest BCUT2D eigenvalue weighted by Gasteiger charge is -2.18. The smallest absolute Gasteiger partial charge is 0.254 e. The number of rotatable bonds is 3. The van der Waals surface area contributed by atoms with Crippen LogP contribution in [0.4, 0.5) is 0 Å². The van der Waals surface area contributed by atoms with Gasteiger partial charge in [-0.25, -0.2) is 0 Å². The largest absolute Gasteiger partial charge is 0.350 e. The molecule has 0 bridgehead atoms. The molecule has 0 aliphatic heterocycles. The monoisotopic (exact) mass is 210 g/mol. The molecule has 0 atom stereocenters. The fourth-order valence-electron chi connectivity index (χ4n) is 1.12. The molecule has 0 aromatic carbocycles. The summed E-state index contributed by atoms with van der Waals surface area (Å²) in [5.74, 6) is -0.126. The van der Waals surface area contributed by atoms with Crippen molar-refractivity contribution in [2.45, 2.75) is 26.3 Å². The van der Waals surface area contributed by atoms with Gasteiger partial charge in [-0.2, -0.15) is 5.10 Å². The molecule has 1 heterocycles. The van der Waals surface area contributed by atoms with Crippen LogP contribution in [0.2, 0.25) is 0 Å². The van der Waals surface area contributed by atoms with Crippen molar-refractivity contribution >= 4 is 5.91 Å². The van der Waals surface area contributed by atoms with Crippen LogP contribution in [0.1, 0.15) is 29.9 Å². The molecule has 0 saturated heterocycles. The molecule has 1 aromatic heterocycles. The Morgan fingerprint density at radius 2 is 2.27 bits per heavy atom. The summed E-state index contributed by atoms with van der Waals surface area (Å²) in [6, 6.07) is 0. The maximum absolute atomic E-state index is 11.7. The first-order valence-electron chi connectivity index (χ1n) is 4.87. The maximum Gasteiger partial charge on any atom is 0.254 e. The third-order valence-electron chi connectivity index (χ3n) is 2.18. The number of nitrogens with zero attached hydrogens (tertiary/aromatic N) is 2. The van der Waals surface area contributed by atoms with E-state index in [0.29, 0.717) is 12.1 Å². The Hall–Kier alpha value is -1.36. The fraction of sp³-hybridized carbons (Fsp3) is 0.600. The molecular formula is C10H18N4O. The molecule has 84 valence electrons. The first kappa shape index (κ1) is 11.7. The quantitative estimate of drug-likeness (QED) is 0.748. The standard InChI is InChI=1S/C10H18N4O/c1-7-8(5-13-14(7)4)9(15)12-6-10(2,3)11/h5H,6,11H2,1-4H3,(H,12,15). The van der Waals surface area contributed by atoms with Crippen LogP contribution in [-0.4, -0.2) is 27.8 Å². The SMILES string of the molecule is Cc1c(C(=O)NCC(C)(C)N)cnn1C. The zero-order valence-electron chi connectivity index (χ0n) is 9.66. The minimum atomic E-state index is -0.397. The Labute approximate surface area is 89.6 Å². The van der Waals surface area contributed by atoms with Crippen LogP contribution in [0, 0.1) is 6.92 Å². The molecule has 0 saturated carbocycles. The van der Waals surface area contributed by atoms with Gasteiger partial charge in [-0.05, 0) is 20.8 Å². The van der Waals surface area contributed by atoms with Crippen LogP contribution in [0.3, 0.4) is 0 Å². The van der Waals surface area contributed by atoms with Crippen molar-refractivity contribution in [2.75, 3.05) is 6.54 Å². The number of nitrogens with one attached hydrogen (secondary N) is 1. The van der Waals surface area contributed by atoms with Gasteiger partial charge in [0, 0.05) is 24.8 Å². The summed E-state index contributed by atoms with van der Waals surface area (Å²) in [5.41, 5.74) is 6.82. The number of carbonyl (C=O) groups is 1. The average molecular weight is 210 g/mol. The van der Waals surface area contributed by atoms with Gasteiger partial charge in [0.15, 0.2) is 0 Å². The first-order valence-corrected chi connectivity index (χ1v) is 4.87. The van der Waals surface area contributed by atoms with Crippen LogP contribution in [-0.2, 0) is 7.05 Å². The van der Waals surface area contributed by atoms with Gasteiger partial charge in [-0.1, -0.05) is 0 Å². The highest BCUT2D eigenvalue weighted by Crippen LogP contribution is 2.05. The average Bonchev–Trinajstić information content (AvgIpc) is 2.43. The topological polar surface area (TPSA) is 72.9 Å². The Morgan fingerprint density at radius 3 is 2.67 bits per heavy atom. The molecule has 0 fully saturated rings. The number of amides is 1. The number of aryl methyl sites for hydroxylation is 1. The number of nitrogens with two attached hydrogens (primary N) is 1. The lowest BCUT2D eigenvalue weighted by molar-refractivity contribution is 0.0945. The minimum Gasteiger partial charge on any atom is -0.350 e. The second-order valence-electron chi connectivity index (χ2n) is 4.44. The molecule has 1 amide bonds. The van der Waals surface area contributed by atoms with Gasteiger partial charge >= 0.3 is 0 Å². The molecule has 0 radical (unpaired) electrons. The van der Waals surface area contributed by atoms with E-state index in [1.807, 2.05) is 20.8 Å². The third-order valence-corrected chi connectivity index (χ3v) is 2.18. The highest BCUT2D eigenvalue weighted by atomic mass is 16.1. The van der Waals surface area contributed by atoms with E-state index in [9.17, 15) is 4.79 Å². The van der Waals surface area contributed by atoms with E-state index in [1.54, 1.807) is 17.9 Å². The van der Waals surface area contributed by atoms with Crippen molar-refractivity contribution < 1.29 is 4.79 Å². The van der Waals surface area contributed by atoms with Gasteiger partial charge in [0.05, 0.1) is 11.8 Å². The summed E-state index contributed by atoms with van der Waals surface area (Å²) < 4.78 is 1.67. The molecule has 1 rings (SSSR count). The van der Waals surface area contributed by atoms with Crippen LogP contribution in [0.15, 0.2) is 6.20 Å². The lowest BCUT2D eigenvalue weighted by Crippen LogP contribution is -2.45. The normalized spacial score (nSPS) is 11.5. The van der Waals surface area contributed by atoms with Crippen molar-refractivity contribution in [3.63, 3.8) is 0 Å². The predicted molar refractivity (Wildman–Crippen MR) is 58.5 cm³/mol. The molecule has 5 heteroatoms. The third kappa shape index (κ3) is 3.06. The van der Waals surface area contributed by atoms with E-state index in [1.165, 1.54) is 0 Å². The summed E-state index contributed by atoms with van der Waals surface area (Å²) in [6.45, 7) is 6.03. The maximum atomic E-state index is 11.7. The first-order chi connectivity index (χ1) is 6.81. The van der Waals surface area contributed by atoms with E-state index < -0.39 is 5.54 Å². The summed E-state index contributed by atoms with van der Waals surface area (Å²) in [5, 5.41) is 6.78. The zero-order chi connectivity index (χ0) is 11.6. The molecular weight excluding hydrogens is 192 g/mol. The second kappa shape index (κ2) is 4.02. The van der Waals surface area contributed by atoms with Gasteiger partial charge in [-0.15, -0.1) is 0 Å². The summed E-state index contributed by atoms with van der Waals surface area (Å²) >= 11 is 0. The zero-order valence-corrected chi connectivity index (χ0v) is 9.66. The fourth-order valence-corrected chi connectivity index (χ4v) is 1.12. The Bertz CT molecular complexity index is 362. The molecule has 3 N–H and O–H groups in total. The van der Waals surface area contributed by atoms with Gasteiger partial charge in [0.25, 0.3) is 5.91 Å². The van der Waals surface area contributed by atoms with Crippen LogP contribution in [0.5, 0.6) is 0 Å². The van der Waals surface area contributed by atoms with Crippen LogP contribution >= 0.6 is 0 Å². The summed E-state index contributed by atoms with van der Waals surface area (Å²) in [6.07, 6.45) is 1.56. The number of carbonyl (C=O) groups excluding carboxylic acids is 1. The van der Waals surface area contributed by atoms with E-state index in [4.69, 9.17) is 5.73 Å². The van der Waals surface area contributed by atoms with Crippen molar-refractivity contribution in [1.82, 2.24) is 15.1 Å². The van der Waals surface area contributed by atoms with Gasteiger partial charge < -0.3 is 11.1 Å². The number of hydrogen-bond acceptors (Lipinski definition) is 3. The van der Waals surface area contributed by atoms with E-state index in [-0.39, 0.29) is 5.91 Å². The molecule has 0 spiro atoms. The number of hydrogen-bond donors (Lipinski definition) is 2. The molecule has 1 aromatic rings. The predicted octanol–water partition coefficient (Wildman–Crippen LogP) is 0.196. The van der Waals surface area contributed by atoms with Gasteiger partial charge in [0.1, 0.15) is 0 Å². The Balaban J connectivity index is 2.66. The molecule has 0 unspecified atom stereocenters. The van der Waals surface area contributed by atoms with Gasteiger partial charge in [-0.3, -0.25) is 9.48 Å². The lowest BCUT2D eigenvalue weighted by atomic mass is 10.1. The molecule has 15 heavy (non-hydrogen) atoms. The Morgan fingerprint density at radius 1 is 1.67 bits per heavy atom. The molecule has 0 aliphatic carbocycles. The van der Waals surface area contributed by atoms with E-state index in [2.05, 4.69) is 10.4 Å². The number of aromatic nitrogens is 2. The molecule has 0 aliphatic rings. The van der Waals surface area contributed by atoms with Crippen molar-refractivity contribution in [1.29, 1.82) is 0 Å². The van der Waals surface area contributed by atoms with Crippen molar-refractivity contribution in [3.8, 4) is 0 Å². The van der Waals surface area contributed by atoms with Crippen LogP contribution < -0.4 is 11.1 Å². The van der Waals surface area contributed by atoms with Crippen LogP contribution in [0.25, 0.3) is 0 Å². The highest BCUT2D eigenvalue weighted by molar-refractivity contribution is 5.95. The van der Waals surface area contributed by atoms with Crippen molar-refractivity contribution in [2.24, 2.45) is 12.8 Å². The van der Waals surface area contributed by atoms with E-state index in [0.717, 1.165) is 5.69 Å². The highest BCUT2D eigenvalue weighted by Gasteiger charge is 2.16. The van der Waals surface area contributed by atoms with Gasteiger partial charge in [0.2, 0.25) is 0 Å². The van der Waals surface area contributed by atoms with E-state index >= 15 is 0 Å². The second-order valence-corrected chi connectivity index (χ2v) is 4.44. The minimum absolute atomic E-state index is 0.126.